The van der Waals surface area contributed by atoms with Crippen LogP contribution in [0.2, 0.25) is 0 Å². The van der Waals surface area contributed by atoms with E-state index in [-0.39, 0.29) is 0 Å². The normalized spacial score (nSPS) is 51.0. The molecule has 0 amide bonds. The van der Waals surface area contributed by atoms with Crippen molar-refractivity contribution in [2.24, 2.45) is 34.0 Å². The van der Waals surface area contributed by atoms with Crippen molar-refractivity contribution in [3.8, 4) is 0 Å². The SMILES string of the molecule is CCC1(C)CCC2C(CCC3C(C)(C)CCCC23C)C1SC. The third-order valence-electron chi connectivity index (χ3n) is 8.59. The van der Waals surface area contributed by atoms with E-state index in [0.29, 0.717) is 16.2 Å². The van der Waals surface area contributed by atoms with Crippen LogP contribution in [0.5, 0.6) is 0 Å². The highest BCUT2D eigenvalue weighted by Gasteiger charge is 2.58. The standard InChI is InChI=1S/C21H38S/c1-7-20(4)14-11-16-15(18(20)22-6)9-10-17-19(2,3)12-8-13-21(16,17)5/h15-18H,7-14H2,1-6H3. The third-order valence-corrected chi connectivity index (χ3v) is 10.0. The van der Waals surface area contributed by atoms with Gasteiger partial charge in [0.2, 0.25) is 0 Å². The Bertz CT molecular complexity index is 414. The maximum absolute atomic E-state index is 2.70. The monoisotopic (exact) mass is 322 g/mol. The number of hydrogen-bond acceptors (Lipinski definition) is 1. The molecule has 22 heavy (non-hydrogen) atoms. The van der Waals surface area contributed by atoms with E-state index in [2.05, 4.69) is 52.6 Å². The minimum atomic E-state index is 0.582. The topological polar surface area (TPSA) is 0 Å². The van der Waals surface area contributed by atoms with E-state index in [0.717, 1.165) is 23.0 Å². The number of rotatable bonds is 2. The summed E-state index contributed by atoms with van der Waals surface area (Å²) in [6, 6.07) is 0. The second-order valence-electron chi connectivity index (χ2n) is 9.95. The molecule has 6 atom stereocenters. The zero-order chi connectivity index (χ0) is 16.2. The van der Waals surface area contributed by atoms with Crippen LogP contribution in [-0.2, 0) is 0 Å². The van der Waals surface area contributed by atoms with Gasteiger partial charge >= 0.3 is 0 Å². The van der Waals surface area contributed by atoms with E-state index >= 15 is 0 Å². The molecule has 0 bridgehead atoms. The van der Waals surface area contributed by atoms with Gasteiger partial charge < -0.3 is 0 Å². The molecule has 6 unspecified atom stereocenters. The molecule has 0 spiro atoms. The lowest BCUT2D eigenvalue weighted by Crippen LogP contribution is -2.57. The zero-order valence-corrected chi connectivity index (χ0v) is 16.7. The molecule has 0 N–H and O–H groups in total. The molecule has 0 aromatic rings. The minimum Gasteiger partial charge on any atom is -0.161 e. The molecule has 0 radical (unpaired) electrons. The van der Waals surface area contributed by atoms with Gasteiger partial charge in [0.1, 0.15) is 0 Å². The van der Waals surface area contributed by atoms with Crippen molar-refractivity contribution in [2.45, 2.75) is 91.2 Å². The third kappa shape index (κ3) is 2.40. The Morgan fingerprint density at radius 3 is 2.32 bits per heavy atom. The molecule has 0 aliphatic heterocycles. The van der Waals surface area contributed by atoms with Gasteiger partial charge in [0.05, 0.1) is 0 Å². The molecule has 0 aromatic heterocycles. The first-order valence-corrected chi connectivity index (χ1v) is 11.1. The molecule has 3 aliphatic rings. The lowest BCUT2D eigenvalue weighted by Gasteiger charge is -2.64. The average Bonchev–Trinajstić information content (AvgIpc) is 2.46. The molecular weight excluding hydrogens is 284 g/mol. The highest BCUT2D eigenvalue weighted by Crippen LogP contribution is 2.66. The molecule has 0 aromatic carbocycles. The van der Waals surface area contributed by atoms with Crippen LogP contribution < -0.4 is 0 Å². The number of thioether (sulfide) groups is 1. The van der Waals surface area contributed by atoms with Crippen molar-refractivity contribution in [3.05, 3.63) is 0 Å². The molecule has 0 saturated heterocycles. The van der Waals surface area contributed by atoms with Gasteiger partial charge in [0, 0.05) is 5.25 Å². The number of fused-ring (bicyclic) bond motifs is 3. The van der Waals surface area contributed by atoms with E-state index < -0.39 is 0 Å². The molecule has 1 heteroatoms. The van der Waals surface area contributed by atoms with Gasteiger partial charge in [-0.25, -0.2) is 0 Å². The summed E-state index contributed by atoms with van der Waals surface area (Å²) in [5.41, 5.74) is 1.81. The van der Waals surface area contributed by atoms with Gasteiger partial charge in [-0.3, -0.25) is 0 Å². The largest absolute Gasteiger partial charge is 0.161 e. The van der Waals surface area contributed by atoms with Crippen molar-refractivity contribution < 1.29 is 0 Å². The predicted molar refractivity (Wildman–Crippen MR) is 100 cm³/mol. The molecule has 3 fully saturated rings. The van der Waals surface area contributed by atoms with Gasteiger partial charge in [0.15, 0.2) is 0 Å². The summed E-state index contributed by atoms with van der Waals surface area (Å²) in [5.74, 6) is 2.97. The van der Waals surface area contributed by atoms with Crippen LogP contribution in [0.1, 0.15) is 86.0 Å². The van der Waals surface area contributed by atoms with Crippen molar-refractivity contribution in [3.63, 3.8) is 0 Å². The van der Waals surface area contributed by atoms with Gasteiger partial charge in [-0.05, 0) is 85.2 Å². The molecule has 3 rings (SSSR count). The molecule has 3 saturated carbocycles. The maximum Gasteiger partial charge on any atom is 0.0129 e. The molecule has 0 nitrogen and oxygen atoms in total. The summed E-state index contributed by atoms with van der Waals surface area (Å²) in [5, 5.41) is 0.902. The smallest absolute Gasteiger partial charge is 0.0129 e. The van der Waals surface area contributed by atoms with E-state index in [9.17, 15) is 0 Å². The van der Waals surface area contributed by atoms with E-state index in [1.165, 1.54) is 51.4 Å². The van der Waals surface area contributed by atoms with Crippen molar-refractivity contribution in [2.75, 3.05) is 6.26 Å². The van der Waals surface area contributed by atoms with Crippen LogP contribution in [0.15, 0.2) is 0 Å². The molecule has 128 valence electrons. The summed E-state index contributed by atoms with van der Waals surface area (Å²) in [6.07, 6.45) is 14.2. The summed E-state index contributed by atoms with van der Waals surface area (Å²) in [4.78, 5) is 0. The van der Waals surface area contributed by atoms with Crippen molar-refractivity contribution >= 4 is 11.8 Å². The summed E-state index contributed by atoms with van der Waals surface area (Å²) in [6.45, 7) is 12.9. The summed E-state index contributed by atoms with van der Waals surface area (Å²) < 4.78 is 0. The highest BCUT2D eigenvalue weighted by molar-refractivity contribution is 7.99. The van der Waals surface area contributed by atoms with Gasteiger partial charge in [0.25, 0.3) is 0 Å². The van der Waals surface area contributed by atoms with Crippen molar-refractivity contribution in [1.29, 1.82) is 0 Å². The minimum absolute atomic E-state index is 0.582. The zero-order valence-electron chi connectivity index (χ0n) is 15.9. The van der Waals surface area contributed by atoms with E-state index in [1.54, 1.807) is 0 Å². The quantitative estimate of drug-likeness (QED) is 0.539. The summed E-state index contributed by atoms with van der Waals surface area (Å²) >= 11 is 2.20. The highest BCUT2D eigenvalue weighted by atomic mass is 32.2. The average molecular weight is 323 g/mol. The van der Waals surface area contributed by atoms with Crippen LogP contribution in [0, 0.1) is 34.0 Å². The lowest BCUT2D eigenvalue weighted by atomic mass is 9.43. The molecule has 0 heterocycles. The van der Waals surface area contributed by atoms with E-state index in [1.807, 2.05) is 0 Å². The molecule has 3 aliphatic carbocycles. The Labute approximate surface area is 143 Å². The van der Waals surface area contributed by atoms with E-state index in [4.69, 9.17) is 0 Å². The first kappa shape index (κ1) is 17.2. The Morgan fingerprint density at radius 2 is 1.68 bits per heavy atom. The fraction of sp³-hybridized carbons (Fsp3) is 1.00. The Kier molecular flexibility index (Phi) is 4.46. The second-order valence-corrected chi connectivity index (χ2v) is 10.9. The van der Waals surface area contributed by atoms with Crippen molar-refractivity contribution in [1.82, 2.24) is 0 Å². The number of hydrogen-bond donors (Lipinski definition) is 0. The Balaban J connectivity index is 1.92. The molecular formula is C21H38S. The van der Waals surface area contributed by atoms with Crippen LogP contribution in [0.4, 0.5) is 0 Å². The fourth-order valence-corrected chi connectivity index (χ4v) is 8.80. The van der Waals surface area contributed by atoms with Crippen LogP contribution in [0.25, 0.3) is 0 Å². The van der Waals surface area contributed by atoms with Crippen LogP contribution >= 0.6 is 11.8 Å². The van der Waals surface area contributed by atoms with Gasteiger partial charge in [-0.1, -0.05) is 41.0 Å². The van der Waals surface area contributed by atoms with Gasteiger partial charge in [-0.2, -0.15) is 11.8 Å². The first-order chi connectivity index (χ1) is 10.3. The summed E-state index contributed by atoms with van der Waals surface area (Å²) in [7, 11) is 0. The van der Waals surface area contributed by atoms with Crippen LogP contribution in [0.3, 0.4) is 0 Å². The fourth-order valence-electron chi connectivity index (χ4n) is 7.27. The first-order valence-electron chi connectivity index (χ1n) is 9.81. The Morgan fingerprint density at radius 1 is 0.955 bits per heavy atom. The predicted octanol–water partition coefficient (Wildman–Crippen LogP) is 6.79. The van der Waals surface area contributed by atoms with Crippen LogP contribution in [-0.4, -0.2) is 11.5 Å². The lowest BCUT2D eigenvalue weighted by molar-refractivity contribution is -0.121. The maximum atomic E-state index is 2.70. The Hall–Kier alpha value is 0.350. The van der Waals surface area contributed by atoms with Gasteiger partial charge in [-0.15, -0.1) is 0 Å². The second kappa shape index (κ2) is 5.71.